The highest BCUT2D eigenvalue weighted by atomic mass is 32.2. The zero-order valence-corrected chi connectivity index (χ0v) is 19.1. The Bertz CT molecular complexity index is 1100. The highest BCUT2D eigenvalue weighted by Crippen LogP contribution is 2.37. The van der Waals surface area contributed by atoms with Gasteiger partial charge < -0.3 is 10.6 Å². The average Bonchev–Trinajstić information content (AvgIpc) is 3.37. The van der Waals surface area contributed by atoms with Gasteiger partial charge in [-0.1, -0.05) is 35.2 Å². The molecule has 0 spiro atoms. The van der Waals surface area contributed by atoms with Crippen LogP contribution in [0.3, 0.4) is 0 Å². The van der Waals surface area contributed by atoms with Crippen LogP contribution in [0.15, 0.2) is 28.6 Å². The van der Waals surface area contributed by atoms with E-state index in [0.717, 1.165) is 41.1 Å². The first-order valence-electron chi connectivity index (χ1n) is 9.91. The van der Waals surface area contributed by atoms with Crippen molar-refractivity contribution in [1.29, 1.82) is 5.26 Å². The number of thioether (sulfide) groups is 1. The number of hydrogen-bond donors (Lipinski definition) is 2. The number of anilines is 2. The zero-order chi connectivity index (χ0) is 21.6. The van der Waals surface area contributed by atoms with Gasteiger partial charge in [0, 0.05) is 23.6 Å². The summed E-state index contributed by atoms with van der Waals surface area (Å²) >= 11 is 4.43. The number of benzene rings is 1. The molecule has 4 rings (SSSR count). The van der Waals surface area contributed by atoms with Crippen molar-refractivity contribution < 1.29 is 9.18 Å². The Labute approximate surface area is 191 Å². The Hall–Kier alpha value is -2.48. The molecule has 2 heterocycles. The van der Waals surface area contributed by atoms with Crippen LogP contribution in [0.5, 0.6) is 0 Å². The van der Waals surface area contributed by atoms with Crippen molar-refractivity contribution in [3.05, 3.63) is 51.7 Å². The highest BCUT2D eigenvalue weighted by Gasteiger charge is 2.21. The molecule has 1 aromatic carbocycles. The van der Waals surface area contributed by atoms with Crippen molar-refractivity contribution >= 4 is 50.5 Å². The second-order valence-corrected chi connectivity index (χ2v) is 10.5. The number of thiophene rings is 1. The minimum atomic E-state index is -0.259. The maximum atomic E-state index is 13.0. The molecule has 1 amide bonds. The summed E-state index contributed by atoms with van der Waals surface area (Å²) in [5, 5.41) is 25.2. The molecule has 0 radical (unpaired) electrons. The van der Waals surface area contributed by atoms with E-state index in [0.29, 0.717) is 34.4 Å². The van der Waals surface area contributed by atoms with Crippen LogP contribution in [-0.4, -0.2) is 21.9 Å². The predicted molar refractivity (Wildman–Crippen MR) is 123 cm³/mol. The number of nitrogens with zero attached hydrogens (tertiary/aromatic N) is 3. The molecule has 0 saturated carbocycles. The third kappa shape index (κ3) is 5.61. The molecule has 3 aromatic rings. The first-order chi connectivity index (χ1) is 15.1. The third-order valence-electron chi connectivity index (χ3n) is 4.85. The predicted octanol–water partition coefficient (Wildman–Crippen LogP) is 5.22. The van der Waals surface area contributed by atoms with E-state index >= 15 is 0 Å². The van der Waals surface area contributed by atoms with E-state index in [9.17, 15) is 14.4 Å². The van der Waals surface area contributed by atoms with Gasteiger partial charge in [0.15, 0.2) is 4.34 Å². The van der Waals surface area contributed by atoms with Gasteiger partial charge in [0.05, 0.1) is 5.56 Å². The second-order valence-electron chi connectivity index (χ2n) is 7.03. The minimum Gasteiger partial charge on any atom is -0.356 e. The van der Waals surface area contributed by atoms with Gasteiger partial charge in [-0.15, -0.1) is 21.5 Å². The zero-order valence-electron chi connectivity index (χ0n) is 16.6. The molecule has 160 valence electrons. The van der Waals surface area contributed by atoms with Crippen molar-refractivity contribution in [2.75, 3.05) is 16.4 Å². The number of carbonyl (C=O) groups is 1. The fraction of sp³-hybridized carbons (Fsp3) is 0.333. The van der Waals surface area contributed by atoms with Gasteiger partial charge in [-0.05, 0) is 48.9 Å². The molecule has 2 N–H and O–H groups in total. The van der Waals surface area contributed by atoms with E-state index in [-0.39, 0.29) is 11.7 Å². The summed E-state index contributed by atoms with van der Waals surface area (Å²) in [5.41, 5.74) is 2.72. The van der Waals surface area contributed by atoms with Crippen LogP contribution >= 0.6 is 34.4 Å². The van der Waals surface area contributed by atoms with Gasteiger partial charge in [-0.25, -0.2) is 4.39 Å². The minimum absolute atomic E-state index is 0.0956. The fourth-order valence-electron chi connectivity index (χ4n) is 3.31. The molecule has 6 nitrogen and oxygen atoms in total. The molecule has 0 atom stereocenters. The summed E-state index contributed by atoms with van der Waals surface area (Å²) in [5.74, 6) is 0.220. The van der Waals surface area contributed by atoms with Gasteiger partial charge >= 0.3 is 0 Å². The Morgan fingerprint density at radius 2 is 2.00 bits per heavy atom. The summed E-state index contributed by atoms with van der Waals surface area (Å²) in [7, 11) is 0. The van der Waals surface area contributed by atoms with Crippen molar-refractivity contribution in [2.24, 2.45) is 0 Å². The van der Waals surface area contributed by atoms with Gasteiger partial charge in [-0.3, -0.25) is 4.79 Å². The second kappa shape index (κ2) is 10.2. The Balaban J connectivity index is 1.24. The Morgan fingerprint density at radius 1 is 1.19 bits per heavy atom. The molecule has 1 aliphatic rings. The number of fused-ring (bicyclic) bond motifs is 1. The highest BCUT2D eigenvalue weighted by molar-refractivity contribution is 8.01. The van der Waals surface area contributed by atoms with E-state index in [4.69, 9.17) is 0 Å². The molecular weight excluding hydrogens is 453 g/mol. The number of nitriles is 1. The summed E-state index contributed by atoms with van der Waals surface area (Å²) in [6, 6.07) is 8.56. The number of amides is 1. The number of halogens is 1. The van der Waals surface area contributed by atoms with Crippen molar-refractivity contribution in [3.8, 4) is 6.07 Å². The number of hydrogen-bond acceptors (Lipinski definition) is 8. The van der Waals surface area contributed by atoms with Crippen LogP contribution in [-0.2, 0) is 24.2 Å². The standard InChI is InChI=1S/C21H20FN5OS3/c22-14-7-5-13(6-8-14)12-24-20-26-27-21(31-20)29-10-9-18(28)25-19-16(11-23)15-3-1-2-4-17(15)30-19/h5-8H,1-4,9-10,12H2,(H,24,26)(H,25,28). The normalized spacial score (nSPS) is 12.8. The number of aryl methyl sites for hydroxylation is 1. The molecule has 0 bridgehead atoms. The lowest BCUT2D eigenvalue weighted by Gasteiger charge is -2.09. The molecule has 10 heteroatoms. The SMILES string of the molecule is N#Cc1c(NC(=O)CCSc2nnc(NCc3ccc(F)cc3)s2)sc2c1CCCC2. The van der Waals surface area contributed by atoms with Crippen LogP contribution in [0.2, 0.25) is 0 Å². The van der Waals surface area contributed by atoms with Crippen LogP contribution < -0.4 is 10.6 Å². The van der Waals surface area contributed by atoms with E-state index < -0.39 is 0 Å². The lowest BCUT2D eigenvalue weighted by atomic mass is 9.96. The van der Waals surface area contributed by atoms with Crippen molar-refractivity contribution in [3.63, 3.8) is 0 Å². The molecule has 1 aliphatic carbocycles. The number of nitrogens with one attached hydrogen (secondary N) is 2. The van der Waals surface area contributed by atoms with E-state index in [2.05, 4.69) is 26.9 Å². The van der Waals surface area contributed by atoms with Crippen molar-refractivity contribution in [1.82, 2.24) is 10.2 Å². The fourth-order valence-corrected chi connectivity index (χ4v) is 6.32. The van der Waals surface area contributed by atoms with Crippen LogP contribution in [0.1, 0.15) is 40.8 Å². The van der Waals surface area contributed by atoms with Crippen LogP contribution in [0.25, 0.3) is 0 Å². The molecule has 2 aromatic heterocycles. The van der Waals surface area contributed by atoms with Crippen LogP contribution in [0, 0.1) is 17.1 Å². The first-order valence-corrected chi connectivity index (χ1v) is 12.5. The first kappa shape index (κ1) is 21.7. The Kier molecular flexibility index (Phi) is 7.17. The quantitative estimate of drug-likeness (QED) is 0.436. The van der Waals surface area contributed by atoms with E-state index in [1.807, 2.05) is 0 Å². The largest absolute Gasteiger partial charge is 0.356 e. The van der Waals surface area contributed by atoms with Crippen molar-refractivity contribution in [2.45, 2.75) is 43.0 Å². The molecule has 0 saturated heterocycles. The summed E-state index contributed by atoms with van der Waals surface area (Å²) in [6.45, 7) is 0.536. The monoisotopic (exact) mass is 473 g/mol. The average molecular weight is 474 g/mol. The van der Waals surface area contributed by atoms with Gasteiger partial charge in [0.2, 0.25) is 11.0 Å². The molecule has 0 aliphatic heterocycles. The smallest absolute Gasteiger partial charge is 0.225 e. The summed E-state index contributed by atoms with van der Waals surface area (Å²) in [4.78, 5) is 13.6. The maximum Gasteiger partial charge on any atom is 0.225 e. The summed E-state index contributed by atoms with van der Waals surface area (Å²) in [6.07, 6.45) is 4.50. The van der Waals surface area contributed by atoms with E-state index in [1.54, 1.807) is 23.5 Å². The van der Waals surface area contributed by atoms with Crippen LogP contribution in [0.4, 0.5) is 14.5 Å². The van der Waals surface area contributed by atoms with Gasteiger partial charge in [0.1, 0.15) is 16.9 Å². The van der Waals surface area contributed by atoms with Gasteiger partial charge in [-0.2, -0.15) is 5.26 Å². The topological polar surface area (TPSA) is 90.7 Å². The van der Waals surface area contributed by atoms with Gasteiger partial charge in [0.25, 0.3) is 0 Å². The number of rotatable bonds is 8. The molecule has 0 fully saturated rings. The Morgan fingerprint density at radius 3 is 2.81 bits per heavy atom. The maximum absolute atomic E-state index is 13.0. The third-order valence-corrected chi connectivity index (χ3v) is 8.08. The number of carbonyl (C=O) groups excluding carboxylic acids is 1. The molecule has 31 heavy (non-hydrogen) atoms. The summed E-state index contributed by atoms with van der Waals surface area (Å²) < 4.78 is 13.7. The lowest BCUT2D eigenvalue weighted by Crippen LogP contribution is -2.12. The number of aromatic nitrogens is 2. The van der Waals surface area contributed by atoms with E-state index in [1.165, 1.54) is 40.1 Å². The molecular formula is C21H20FN5OS3. The lowest BCUT2D eigenvalue weighted by molar-refractivity contribution is -0.115. The molecule has 0 unspecified atom stereocenters.